The fourth-order valence-electron chi connectivity index (χ4n) is 3.28. The molecule has 4 rings (SSSR count). The predicted octanol–water partition coefficient (Wildman–Crippen LogP) is 4.40. The molecule has 0 saturated carbocycles. The standard InChI is InChI=1S/C24H18FN5O2/c1-15-12-21(28-23-19(15)4-3-5-20(23)32-2)30-24(17(13-26)14-27-30)29-22(31)11-8-16-6-9-18(25)10-7-16/h3-12,14H,1-2H3,(H,29,31)/b11-8+. The summed E-state index contributed by atoms with van der Waals surface area (Å²) in [5.74, 6) is 0.404. The Morgan fingerprint density at radius 2 is 2.03 bits per heavy atom. The molecule has 4 aromatic rings. The molecular weight excluding hydrogens is 409 g/mol. The molecule has 0 aliphatic rings. The third-order valence-electron chi connectivity index (χ3n) is 4.86. The number of para-hydroxylation sites is 1. The lowest BCUT2D eigenvalue weighted by atomic mass is 10.1. The molecule has 158 valence electrons. The van der Waals surface area contributed by atoms with Crippen LogP contribution in [0.3, 0.4) is 0 Å². The molecule has 0 aliphatic heterocycles. The van der Waals surface area contributed by atoms with Crippen LogP contribution in [0.25, 0.3) is 22.8 Å². The van der Waals surface area contributed by atoms with E-state index in [1.165, 1.54) is 29.1 Å². The second-order valence-electron chi connectivity index (χ2n) is 6.96. The number of aryl methyl sites for hydroxylation is 1. The predicted molar refractivity (Wildman–Crippen MR) is 119 cm³/mol. The molecule has 1 amide bonds. The van der Waals surface area contributed by atoms with E-state index in [4.69, 9.17) is 4.74 Å². The van der Waals surface area contributed by atoms with Crippen molar-refractivity contribution in [2.45, 2.75) is 6.92 Å². The number of rotatable bonds is 5. The van der Waals surface area contributed by atoms with Gasteiger partial charge in [-0.25, -0.2) is 9.37 Å². The van der Waals surface area contributed by atoms with E-state index in [9.17, 15) is 14.4 Å². The van der Waals surface area contributed by atoms with Gasteiger partial charge in [-0.15, -0.1) is 0 Å². The van der Waals surface area contributed by atoms with Gasteiger partial charge in [0.2, 0.25) is 5.91 Å². The van der Waals surface area contributed by atoms with Gasteiger partial charge in [0.1, 0.15) is 28.7 Å². The minimum absolute atomic E-state index is 0.188. The summed E-state index contributed by atoms with van der Waals surface area (Å²) < 4.78 is 19.9. The fourth-order valence-corrected chi connectivity index (χ4v) is 3.28. The molecular formula is C24H18FN5O2. The number of pyridine rings is 1. The van der Waals surface area contributed by atoms with Crippen molar-refractivity contribution in [1.82, 2.24) is 14.8 Å². The molecule has 0 saturated heterocycles. The number of amides is 1. The van der Waals surface area contributed by atoms with Crippen LogP contribution in [0.4, 0.5) is 10.2 Å². The number of aromatic nitrogens is 3. The molecule has 0 spiro atoms. The third kappa shape index (κ3) is 4.04. The van der Waals surface area contributed by atoms with Crippen molar-refractivity contribution in [2.75, 3.05) is 12.4 Å². The summed E-state index contributed by atoms with van der Waals surface area (Å²) in [5.41, 5.74) is 2.43. The lowest BCUT2D eigenvalue weighted by molar-refractivity contribution is -0.111. The Bertz CT molecular complexity index is 1380. The Morgan fingerprint density at radius 1 is 1.25 bits per heavy atom. The van der Waals surface area contributed by atoms with E-state index in [-0.39, 0.29) is 17.2 Å². The van der Waals surface area contributed by atoms with Gasteiger partial charge in [-0.1, -0.05) is 24.3 Å². The number of halogens is 1. The summed E-state index contributed by atoms with van der Waals surface area (Å²) in [6.45, 7) is 1.94. The van der Waals surface area contributed by atoms with Crippen molar-refractivity contribution in [3.63, 3.8) is 0 Å². The molecule has 2 aromatic carbocycles. The van der Waals surface area contributed by atoms with E-state index in [0.717, 1.165) is 10.9 Å². The molecule has 2 aromatic heterocycles. The average molecular weight is 427 g/mol. The normalized spacial score (nSPS) is 10.9. The van der Waals surface area contributed by atoms with E-state index in [1.807, 2.05) is 37.3 Å². The van der Waals surface area contributed by atoms with E-state index in [2.05, 4.69) is 15.4 Å². The number of anilines is 1. The number of ether oxygens (including phenoxy) is 1. The van der Waals surface area contributed by atoms with Gasteiger partial charge in [-0.05, 0) is 48.4 Å². The summed E-state index contributed by atoms with van der Waals surface area (Å²) in [5, 5.41) is 17.4. The number of nitrogens with zero attached hydrogens (tertiary/aromatic N) is 4. The summed E-state index contributed by atoms with van der Waals surface area (Å²) in [6.07, 6.45) is 4.21. The first-order chi connectivity index (χ1) is 15.5. The highest BCUT2D eigenvalue weighted by atomic mass is 19.1. The van der Waals surface area contributed by atoms with E-state index in [1.54, 1.807) is 25.3 Å². The molecule has 7 nitrogen and oxygen atoms in total. The first kappa shape index (κ1) is 20.8. The highest BCUT2D eigenvalue weighted by molar-refractivity contribution is 6.02. The van der Waals surface area contributed by atoms with Crippen molar-refractivity contribution in [1.29, 1.82) is 5.26 Å². The zero-order valence-electron chi connectivity index (χ0n) is 17.3. The SMILES string of the molecule is COc1cccc2c(C)cc(-n3ncc(C#N)c3NC(=O)/C=C/c3ccc(F)cc3)nc12. The maximum Gasteiger partial charge on any atom is 0.249 e. The largest absolute Gasteiger partial charge is 0.494 e. The molecule has 2 heterocycles. The average Bonchev–Trinajstić information content (AvgIpc) is 3.20. The molecule has 0 unspecified atom stereocenters. The molecule has 0 bridgehead atoms. The number of carbonyl (C=O) groups excluding carboxylic acids is 1. The zero-order valence-corrected chi connectivity index (χ0v) is 17.3. The van der Waals surface area contributed by atoms with Crippen molar-refractivity contribution in [3.05, 3.63) is 83.3 Å². The van der Waals surface area contributed by atoms with Gasteiger partial charge in [0.05, 0.1) is 13.3 Å². The third-order valence-corrected chi connectivity index (χ3v) is 4.86. The number of nitriles is 1. The first-order valence-corrected chi connectivity index (χ1v) is 9.67. The molecule has 0 radical (unpaired) electrons. The number of hydrogen-bond acceptors (Lipinski definition) is 5. The lowest BCUT2D eigenvalue weighted by Crippen LogP contribution is -2.14. The van der Waals surface area contributed by atoms with Crippen LogP contribution < -0.4 is 10.1 Å². The van der Waals surface area contributed by atoms with Gasteiger partial charge in [0, 0.05) is 11.5 Å². The number of benzene rings is 2. The minimum atomic E-state index is -0.470. The number of hydrogen-bond donors (Lipinski definition) is 1. The van der Waals surface area contributed by atoms with E-state index < -0.39 is 5.91 Å². The summed E-state index contributed by atoms with van der Waals surface area (Å²) in [4.78, 5) is 17.2. The lowest BCUT2D eigenvalue weighted by Gasteiger charge is -2.12. The molecule has 1 N–H and O–H groups in total. The second-order valence-corrected chi connectivity index (χ2v) is 6.96. The quantitative estimate of drug-likeness (QED) is 0.477. The number of methoxy groups -OCH3 is 1. The van der Waals surface area contributed by atoms with Crippen LogP contribution in [0.15, 0.2) is 60.8 Å². The van der Waals surface area contributed by atoms with Crippen LogP contribution in [0, 0.1) is 24.1 Å². The number of carbonyl (C=O) groups is 1. The van der Waals surface area contributed by atoms with E-state index >= 15 is 0 Å². The highest BCUT2D eigenvalue weighted by Gasteiger charge is 2.17. The van der Waals surface area contributed by atoms with Gasteiger partial charge in [0.25, 0.3) is 0 Å². The van der Waals surface area contributed by atoms with Crippen LogP contribution >= 0.6 is 0 Å². The van der Waals surface area contributed by atoms with Gasteiger partial charge < -0.3 is 10.1 Å². The Morgan fingerprint density at radius 3 is 2.75 bits per heavy atom. The Balaban J connectivity index is 1.70. The summed E-state index contributed by atoms with van der Waals surface area (Å²) >= 11 is 0. The Kier molecular flexibility index (Phi) is 5.64. The second kappa shape index (κ2) is 8.70. The van der Waals surface area contributed by atoms with Crippen molar-refractivity contribution in [3.8, 4) is 17.6 Å². The number of fused-ring (bicyclic) bond motifs is 1. The molecule has 8 heteroatoms. The van der Waals surface area contributed by atoms with Crippen LogP contribution in [-0.2, 0) is 4.79 Å². The van der Waals surface area contributed by atoms with Crippen molar-refractivity contribution in [2.24, 2.45) is 0 Å². The van der Waals surface area contributed by atoms with Crippen LogP contribution in [0.5, 0.6) is 5.75 Å². The summed E-state index contributed by atoms with van der Waals surface area (Å²) in [6, 6.07) is 15.2. The monoisotopic (exact) mass is 427 g/mol. The van der Waals surface area contributed by atoms with Crippen LogP contribution in [-0.4, -0.2) is 27.8 Å². The fraction of sp³-hybridized carbons (Fsp3) is 0.0833. The number of nitrogens with one attached hydrogen (secondary N) is 1. The zero-order chi connectivity index (χ0) is 22.7. The Hall–Kier alpha value is -4.51. The highest BCUT2D eigenvalue weighted by Crippen LogP contribution is 2.29. The molecule has 32 heavy (non-hydrogen) atoms. The topological polar surface area (TPSA) is 92.8 Å². The van der Waals surface area contributed by atoms with Crippen molar-refractivity contribution < 1.29 is 13.9 Å². The van der Waals surface area contributed by atoms with Gasteiger partial charge >= 0.3 is 0 Å². The molecule has 0 fully saturated rings. The van der Waals surface area contributed by atoms with Crippen LogP contribution in [0.1, 0.15) is 16.7 Å². The summed E-state index contributed by atoms with van der Waals surface area (Å²) in [7, 11) is 1.57. The van der Waals surface area contributed by atoms with Crippen LogP contribution in [0.2, 0.25) is 0 Å². The smallest absolute Gasteiger partial charge is 0.249 e. The van der Waals surface area contributed by atoms with Gasteiger partial charge in [-0.2, -0.15) is 15.0 Å². The maximum atomic E-state index is 13.0. The Labute approximate surface area is 183 Å². The van der Waals surface area contributed by atoms with Crippen molar-refractivity contribution >= 4 is 28.7 Å². The maximum absolute atomic E-state index is 13.0. The van der Waals surface area contributed by atoms with Gasteiger partial charge in [-0.3, -0.25) is 4.79 Å². The molecule has 0 atom stereocenters. The molecule has 0 aliphatic carbocycles. The van der Waals surface area contributed by atoms with Gasteiger partial charge in [0.15, 0.2) is 11.6 Å². The minimum Gasteiger partial charge on any atom is -0.494 e. The first-order valence-electron chi connectivity index (χ1n) is 9.67. The van der Waals surface area contributed by atoms with E-state index in [0.29, 0.717) is 22.6 Å².